The molecule has 0 saturated heterocycles. The standard InChI is InChI=1S/C21H29ClO5/c1-18-6-3-12(24)9-20(18,22)7-4-13-14-5-8-21(27,16(26)11-23)19(14,2)10-15(25)17(13)18/h3,6,13-15,17,23,25,27H,4-5,7-11H2,1-2H3/t13-,14-,15-,17+,18+,19-,20?,21-/m0/s1. The molecule has 27 heavy (non-hydrogen) atoms. The van der Waals surface area contributed by atoms with Gasteiger partial charge in [-0.05, 0) is 55.9 Å². The second-order valence-corrected chi connectivity index (χ2v) is 10.5. The predicted octanol–water partition coefficient (Wildman–Crippen LogP) is 2.00. The fraction of sp³-hybridized carbons (Fsp3) is 0.810. The zero-order valence-electron chi connectivity index (χ0n) is 15.9. The Morgan fingerprint density at radius 3 is 2.67 bits per heavy atom. The van der Waals surface area contributed by atoms with E-state index < -0.39 is 39.8 Å². The molecule has 5 nitrogen and oxygen atoms in total. The molecule has 1 unspecified atom stereocenters. The maximum Gasteiger partial charge on any atom is 0.190 e. The average Bonchev–Trinajstić information content (AvgIpc) is 2.87. The maximum atomic E-state index is 12.4. The Balaban J connectivity index is 1.76. The quantitative estimate of drug-likeness (QED) is 0.620. The van der Waals surface area contributed by atoms with Crippen LogP contribution in [-0.2, 0) is 9.59 Å². The molecule has 8 atom stereocenters. The second-order valence-electron chi connectivity index (χ2n) is 9.73. The third kappa shape index (κ3) is 2.29. The lowest BCUT2D eigenvalue weighted by molar-refractivity contribution is -0.186. The molecule has 0 radical (unpaired) electrons. The highest BCUT2D eigenvalue weighted by atomic mass is 35.5. The van der Waals surface area contributed by atoms with Crippen molar-refractivity contribution in [3.05, 3.63) is 12.2 Å². The third-order valence-electron chi connectivity index (χ3n) is 8.81. The van der Waals surface area contributed by atoms with E-state index in [1.807, 2.05) is 19.9 Å². The highest BCUT2D eigenvalue weighted by molar-refractivity contribution is 6.26. The molecule has 0 aliphatic heterocycles. The molecule has 0 aromatic rings. The molecule has 150 valence electrons. The van der Waals surface area contributed by atoms with Gasteiger partial charge in [-0.3, -0.25) is 9.59 Å². The van der Waals surface area contributed by atoms with Gasteiger partial charge in [0.2, 0.25) is 0 Å². The number of halogens is 1. The normalized spacial score (nSPS) is 54.2. The molecular weight excluding hydrogens is 368 g/mol. The maximum absolute atomic E-state index is 12.4. The summed E-state index contributed by atoms with van der Waals surface area (Å²) in [5.41, 5.74) is -2.86. The number of alkyl halides is 1. The molecule has 0 aromatic carbocycles. The molecule has 0 bridgehead atoms. The first-order valence-electron chi connectivity index (χ1n) is 9.98. The van der Waals surface area contributed by atoms with Gasteiger partial charge in [-0.15, -0.1) is 11.6 Å². The largest absolute Gasteiger partial charge is 0.393 e. The summed E-state index contributed by atoms with van der Waals surface area (Å²) in [4.78, 5) is 23.7. The molecule has 0 heterocycles. The fourth-order valence-electron chi connectivity index (χ4n) is 7.30. The van der Waals surface area contributed by atoms with Crippen LogP contribution in [0.15, 0.2) is 12.2 Å². The molecule has 4 aliphatic rings. The van der Waals surface area contributed by atoms with Gasteiger partial charge >= 0.3 is 0 Å². The van der Waals surface area contributed by atoms with Gasteiger partial charge in [0, 0.05) is 17.3 Å². The Kier molecular flexibility index (Phi) is 4.26. The second kappa shape index (κ2) is 5.88. The summed E-state index contributed by atoms with van der Waals surface area (Å²) in [5, 5.41) is 31.8. The van der Waals surface area contributed by atoms with E-state index in [-0.39, 0.29) is 30.0 Å². The van der Waals surface area contributed by atoms with Crippen LogP contribution in [0.2, 0.25) is 0 Å². The van der Waals surface area contributed by atoms with E-state index in [4.69, 9.17) is 11.6 Å². The number of allylic oxidation sites excluding steroid dienone is 2. The number of ketones is 2. The lowest BCUT2D eigenvalue weighted by Gasteiger charge is -2.63. The van der Waals surface area contributed by atoms with Gasteiger partial charge in [0.1, 0.15) is 12.2 Å². The first-order valence-corrected chi connectivity index (χ1v) is 10.4. The highest BCUT2D eigenvalue weighted by Crippen LogP contribution is 2.69. The van der Waals surface area contributed by atoms with Crippen molar-refractivity contribution in [3.63, 3.8) is 0 Å². The molecule has 0 aromatic heterocycles. The zero-order chi connectivity index (χ0) is 19.8. The fourth-order valence-corrected chi connectivity index (χ4v) is 7.73. The van der Waals surface area contributed by atoms with Crippen LogP contribution in [0.1, 0.15) is 52.4 Å². The molecule has 4 aliphatic carbocycles. The molecule has 3 fully saturated rings. The van der Waals surface area contributed by atoms with Crippen molar-refractivity contribution in [2.45, 2.75) is 69.0 Å². The highest BCUT2D eigenvalue weighted by Gasteiger charge is 2.70. The van der Waals surface area contributed by atoms with Gasteiger partial charge < -0.3 is 15.3 Å². The lowest BCUT2D eigenvalue weighted by Crippen LogP contribution is -2.65. The third-order valence-corrected chi connectivity index (χ3v) is 9.54. The molecule has 6 heteroatoms. The Morgan fingerprint density at radius 1 is 1.30 bits per heavy atom. The van der Waals surface area contributed by atoms with E-state index >= 15 is 0 Å². The first kappa shape index (κ1) is 19.6. The van der Waals surface area contributed by atoms with Crippen molar-refractivity contribution >= 4 is 23.2 Å². The van der Waals surface area contributed by atoms with Gasteiger partial charge in [-0.25, -0.2) is 0 Å². The number of aliphatic hydroxyl groups is 3. The number of Topliss-reactive ketones (excluding diaryl/α,β-unsaturated/α-hetero) is 1. The number of carbonyl (C=O) groups excluding carboxylic acids is 2. The van der Waals surface area contributed by atoms with Crippen LogP contribution >= 0.6 is 11.6 Å². The number of fused-ring (bicyclic) bond motifs is 5. The molecule has 0 amide bonds. The van der Waals surface area contributed by atoms with Gasteiger partial charge in [0.05, 0.1) is 11.0 Å². The van der Waals surface area contributed by atoms with Crippen molar-refractivity contribution < 1.29 is 24.9 Å². The summed E-state index contributed by atoms with van der Waals surface area (Å²) in [6.45, 7) is 3.25. The smallest absolute Gasteiger partial charge is 0.190 e. The van der Waals surface area contributed by atoms with Crippen molar-refractivity contribution in [2.75, 3.05) is 6.61 Å². The van der Waals surface area contributed by atoms with Crippen LogP contribution in [0.5, 0.6) is 0 Å². The zero-order valence-corrected chi connectivity index (χ0v) is 16.7. The summed E-state index contributed by atoms with van der Waals surface area (Å²) >= 11 is 6.98. The summed E-state index contributed by atoms with van der Waals surface area (Å²) in [6.07, 6.45) is 5.81. The van der Waals surface area contributed by atoms with Crippen molar-refractivity contribution in [2.24, 2.45) is 28.6 Å². The van der Waals surface area contributed by atoms with Gasteiger partial charge in [0.15, 0.2) is 11.6 Å². The number of hydrogen-bond donors (Lipinski definition) is 3. The van der Waals surface area contributed by atoms with Gasteiger partial charge in [0.25, 0.3) is 0 Å². The predicted molar refractivity (Wildman–Crippen MR) is 100 cm³/mol. The van der Waals surface area contributed by atoms with E-state index in [1.54, 1.807) is 6.08 Å². The van der Waals surface area contributed by atoms with Crippen molar-refractivity contribution in [1.29, 1.82) is 0 Å². The van der Waals surface area contributed by atoms with Crippen LogP contribution in [0, 0.1) is 28.6 Å². The van der Waals surface area contributed by atoms with Crippen LogP contribution in [0.3, 0.4) is 0 Å². The van der Waals surface area contributed by atoms with Crippen molar-refractivity contribution in [1.82, 2.24) is 0 Å². The molecular formula is C21H29ClO5. The summed E-state index contributed by atoms with van der Waals surface area (Å²) in [6, 6.07) is 0. The van der Waals surface area contributed by atoms with E-state index in [1.165, 1.54) is 0 Å². The Labute approximate surface area is 164 Å². The van der Waals surface area contributed by atoms with Crippen LogP contribution in [0.4, 0.5) is 0 Å². The van der Waals surface area contributed by atoms with E-state index in [0.29, 0.717) is 25.7 Å². The minimum atomic E-state index is -1.59. The van der Waals surface area contributed by atoms with Gasteiger partial charge in [-0.2, -0.15) is 0 Å². The van der Waals surface area contributed by atoms with E-state index in [2.05, 4.69) is 0 Å². The summed E-state index contributed by atoms with van der Waals surface area (Å²) < 4.78 is 0. The van der Waals surface area contributed by atoms with Gasteiger partial charge in [-0.1, -0.05) is 19.9 Å². The monoisotopic (exact) mass is 396 g/mol. The lowest BCUT2D eigenvalue weighted by atomic mass is 9.44. The number of carbonyl (C=O) groups is 2. The first-order chi connectivity index (χ1) is 12.5. The van der Waals surface area contributed by atoms with E-state index in [9.17, 15) is 24.9 Å². The van der Waals surface area contributed by atoms with Crippen LogP contribution in [-0.4, -0.2) is 50.1 Å². The average molecular weight is 397 g/mol. The summed E-state index contributed by atoms with van der Waals surface area (Å²) in [5.74, 6) is -0.433. The SMILES string of the molecule is C[C@]12C[C@H](O)[C@H]3[C@@H](CCC4(Cl)CC(=O)C=C[C@]34C)[C@@H]1CC[C@]2(O)C(=O)CO. The Hall–Kier alpha value is -0.750. The van der Waals surface area contributed by atoms with Crippen LogP contribution < -0.4 is 0 Å². The Bertz CT molecular complexity index is 721. The minimum Gasteiger partial charge on any atom is -0.393 e. The Morgan fingerprint density at radius 2 is 2.00 bits per heavy atom. The molecule has 4 rings (SSSR count). The minimum absolute atomic E-state index is 0.0276. The number of aliphatic hydroxyl groups excluding tert-OH is 2. The topological polar surface area (TPSA) is 94.8 Å². The van der Waals surface area contributed by atoms with Crippen LogP contribution in [0.25, 0.3) is 0 Å². The molecule has 3 saturated carbocycles. The molecule has 0 spiro atoms. The number of rotatable bonds is 2. The summed E-state index contributed by atoms with van der Waals surface area (Å²) in [7, 11) is 0. The number of hydrogen-bond acceptors (Lipinski definition) is 5. The van der Waals surface area contributed by atoms with Crippen molar-refractivity contribution in [3.8, 4) is 0 Å². The van der Waals surface area contributed by atoms with E-state index in [0.717, 1.165) is 6.42 Å². The molecule has 3 N–H and O–H groups in total.